The molecular formula is C24H25IN2O6. The van der Waals surface area contributed by atoms with E-state index < -0.39 is 17.1 Å². The van der Waals surface area contributed by atoms with Crippen LogP contribution in [0, 0.1) is 3.57 Å². The van der Waals surface area contributed by atoms with E-state index >= 15 is 0 Å². The SMILES string of the molecule is COc1ccc(C2(O)c3c(oc4ccc(I)cc4c3=O)C(=O)N2CCCN(C)C)cc1OC. The van der Waals surface area contributed by atoms with E-state index in [1.165, 1.54) is 19.1 Å². The van der Waals surface area contributed by atoms with Crippen molar-refractivity contribution in [2.45, 2.75) is 12.1 Å². The van der Waals surface area contributed by atoms with Gasteiger partial charge in [-0.2, -0.15) is 0 Å². The molecule has 1 unspecified atom stereocenters. The first kappa shape index (κ1) is 23.5. The number of benzene rings is 2. The summed E-state index contributed by atoms with van der Waals surface area (Å²) < 4.78 is 17.5. The lowest BCUT2D eigenvalue weighted by Gasteiger charge is -2.34. The van der Waals surface area contributed by atoms with E-state index in [0.717, 1.165) is 3.57 Å². The summed E-state index contributed by atoms with van der Waals surface area (Å²) in [4.78, 5) is 30.4. The maximum atomic E-state index is 13.6. The van der Waals surface area contributed by atoms with Gasteiger partial charge < -0.3 is 23.9 Å². The highest BCUT2D eigenvalue weighted by Gasteiger charge is 2.54. The molecule has 1 N–H and O–H groups in total. The van der Waals surface area contributed by atoms with E-state index in [4.69, 9.17) is 13.9 Å². The molecule has 1 aliphatic rings. The number of aliphatic hydroxyl groups is 1. The second kappa shape index (κ2) is 8.96. The van der Waals surface area contributed by atoms with Crippen LogP contribution in [0.4, 0.5) is 0 Å². The largest absolute Gasteiger partial charge is 0.493 e. The van der Waals surface area contributed by atoms with Crippen molar-refractivity contribution in [2.75, 3.05) is 41.4 Å². The van der Waals surface area contributed by atoms with Crippen LogP contribution in [-0.2, 0) is 5.72 Å². The molecule has 9 heteroatoms. The van der Waals surface area contributed by atoms with Crippen LogP contribution in [0.25, 0.3) is 11.0 Å². The summed E-state index contributed by atoms with van der Waals surface area (Å²) in [7, 11) is 6.86. The number of hydrogen-bond donors (Lipinski definition) is 1. The van der Waals surface area contributed by atoms with Gasteiger partial charge >= 0.3 is 0 Å². The third-order valence-corrected chi connectivity index (χ3v) is 6.48. The first-order chi connectivity index (χ1) is 15.7. The fourth-order valence-electron chi connectivity index (χ4n) is 4.20. The van der Waals surface area contributed by atoms with Crippen molar-refractivity contribution < 1.29 is 23.8 Å². The standard InChI is InChI=1S/C24H25IN2O6/c1-26(2)10-5-11-27-23(29)22-20(21(28)16-13-15(25)7-9-17(16)33-22)24(27,30)14-6-8-18(31-3)19(12-14)32-4/h6-9,12-13,30H,5,10-11H2,1-4H3. The smallest absolute Gasteiger partial charge is 0.293 e. The molecule has 1 aliphatic heterocycles. The minimum absolute atomic E-state index is 0.0842. The van der Waals surface area contributed by atoms with Crippen LogP contribution >= 0.6 is 22.6 Å². The summed E-state index contributed by atoms with van der Waals surface area (Å²) in [6, 6.07) is 10.00. The zero-order valence-electron chi connectivity index (χ0n) is 18.8. The molecule has 3 aromatic rings. The summed E-state index contributed by atoms with van der Waals surface area (Å²) in [5.74, 6) is 0.167. The van der Waals surface area contributed by atoms with E-state index in [0.29, 0.717) is 41.0 Å². The highest BCUT2D eigenvalue weighted by Crippen LogP contribution is 2.44. The lowest BCUT2D eigenvalue weighted by Crippen LogP contribution is -2.47. The Morgan fingerprint density at radius 3 is 2.48 bits per heavy atom. The number of carbonyl (C=O) groups is 1. The molecule has 0 fully saturated rings. The van der Waals surface area contributed by atoms with Gasteiger partial charge in [-0.25, -0.2) is 0 Å². The van der Waals surface area contributed by atoms with Gasteiger partial charge in [0.2, 0.25) is 16.9 Å². The van der Waals surface area contributed by atoms with Crippen molar-refractivity contribution >= 4 is 39.5 Å². The van der Waals surface area contributed by atoms with Crippen molar-refractivity contribution in [1.82, 2.24) is 9.80 Å². The van der Waals surface area contributed by atoms with Gasteiger partial charge in [0.1, 0.15) is 11.1 Å². The van der Waals surface area contributed by atoms with Crippen molar-refractivity contribution in [3.05, 3.63) is 67.1 Å². The Kier molecular flexibility index (Phi) is 6.39. The summed E-state index contributed by atoms with van der Waals surface area (Å²) in [6.07, 6.45) is 0.591. The predicted molar refractivity (Wildman–Crippen MR) is 132 cm³/mol. The number of ether oxygens (including phenoxy) is 2. The molecule has 0 bridgehead atoms. The Labute approximate surface area is 204 Å². The second-order valence-corrected chi connectivity index (χ2v) is 9.38. The summed E-state index contributed by atoms with van der Waals surface area (Å²) in [6.45, 7) is 0.920. The van der Waals surface area contributed by atoms with Crippen molar-refractivity contribution in [1.29, 1.82) is 0 Å². The Morgan fingerprint density at radius 2 is 1.82 bits per heavy atom. The molecule has 0 saturated heterocycles. The highest BCUT2D eigenvalue weighted by molar-refractivity contribution is 14.1. The molecule has 1 amide bonds. The Hall–Kier alpha value is -2.63. The van der Waals surface area contributed by atoms with Gasteiger partial charge in [-0.15, -0.1) is 0 Å². The van der Waals surface area contributed by atoms with Gasteiger partial charge in [-0.3, -0.25) is 14.5 Å². The monoisotopic (exact) mass is 564 g/mol. The molecule has 33 heavy (non-hydrogen) atoms. The van der Waals surface area contributed by atoms with Crippen LogP contribution in [0.2, 0.25) is 0 Å². The molecule has 0 saturated carbocycles. The third-order valence-electron chi connectivity index (χ3n) is 5.80. The second-order valence-electron chi connectivity index (χ2n) is 8.13. The number of hydrogen-bond acceptors (Lipinski definition) is 7. The van der Waals surface area contributed by atoms with Gasteiger partial charge in [0, 0.05) is 15.7 Å². The number of nitrogens with zero attached hydrogens (tertiary/aromatic N) is 2. The zero-order chi connectivity index (χ0) is 23.9. The molecule has 174 valence electrons. The van der Waals surface area contributed by atoms with Crippen LogP contribution in [-0.4, -0.2) is 62.2 Å². The molecule has 8 nitrogen and oxygen atoms in total. The average molecular weight is 564 g/mol. The van der Waals surface area contributed by atoms with Gasteiger partial charge in [-0.1, -0.05) is 0 Å². The van der Waals surface area contributed by atoms with Crippen molar-refractivity contribution in [3.63, 3.8) is 0 Å². The minimum Gasteiger partial charge on any atom is -0.493 e. The van der Waals surface area contributed by atoms with Gasteiger partial charge in [0.05, 0.1) is 19.6 Å². The van der Waals surface area contributed by atoms with Gasteiger partial charge in [0.15, 0.2) is 11.5 Å². The fourth-order valence-corrected chi connectivity index (χ4v) is 4.69. The number of halogens is 1. The van der Waals surface area contributed by atoms with Gasteiger partial charge in [-0.05, 0) is 86.0 Å². The number of rotatable bonds is 7. The maximum absolute atomic E-state index is 13.6. The van der Waals surface area contributed by atoms with Crippen LogP contribution in [0.1, 0.15) is 28.1 Å². The molecular weight excluding hydrogens is 539 g/mol. The molecule has 1 aromatic heterocycles. The molecule has 1 atom stereocenters. The first-order valence-corrected chi connectivity index (χ1v) is 11.5. The summed E-state index contributed by atoms with van der Waals surface area (Å²) >= 11 is 2.11. The molecule has 4 rings (SSSR count). The van der Waals surface area contributed by atoms with Gasteiger partial charge in [0.25, 0.3) is 5.91 Å². The van der Waals surface area contributed by atoms with Crippen molar-refractivity contribution in [3.8, 4) is 11.5 Å². The molecule has 0 radical (unpaired) electrons. The minimum atomic E-state index is -2.02. The zero-order valence-corrected chi connectivity index (χ0v) is 21.0. The number of carbonyl (C=O) groups excluding carboxylic acids is 1. The normalized spacial score (nSPS) is 17.7. The molecule has 0 aliphatic carbocycles. The number of methoxy groups -OCH3 is 2. The van der Waals surface area contributed by atoms with Crippen molar-refractivity contribution in [2.24, 2.45) is 0 Å². The predicted octanol–water partition coefficient (Wildman–Crippen LogP) is 3.02. The Morgan fingerprint density at radius 1 is 1.09 bits per heavy atom. The van der Waals surface area contributed by atoms with Crippen LogP contribution in [0.15, 0.2) is 45.6 Å². The lowest BCUT2D eigenvalue weighted by molar-refractivity contribution is -0.0514. The summed E-state index contributed by atoms with van der Waals surface area (Å²) in [5.41, 5.74) is -1.93. The highest BCUT2D eigenvalue weighted by atomic mass is 127. The fraction of sp³-hybridized carbons (Fsp3) is 0.333. The Bertz CT molecular complexity index is 1290. The van der Waals surface area contributed by atoms with E-state index in [1.54, 1.807) is 36.4 Å². The molecule has 2 heterocycles. The Balaban J connectivity index is 1.97. The number of amides is 1. The first-order valence-electron chi connectivity index (χ1n) is 10.4. The topological polar surface area (TPSA) is 92.5 Å². The maximum Gasteiger partial charge on any atom is 0.293 e. The lowest BCUT2D eigenvalue weighted by atomic mass is 9.93. The van der Waals surface area contributed by atoms with Crippen LogP contribution in [0.5, 0.6) is 11.5 Å². The number of fused-ring (bicyclic) bond motifs is 2. The van der Waals surface area contributed by atoms with Crippen LogP contribution < -0.4 is 14.9 Å². The quantitative estimate of drug-likeness (QED) is 0.442. The van der Waals surface area contributed by atoms with E-state index in [-0.39, 0.29) is 17.9 Å². The van der Waals surface area contributed by atoms with E-state index in [1.807, 2.05) is 19.0 Å². The molecule has 2 aromatic carbocycles. The molecule has 0 spiro atoms. The third kappa shape index (κ3) is 3.87. The average Bonchev–Trinajstić information content (AvgIpc) is 3.01. The van der Waals surface area contributed by atoms with Crippen LogP contribution in [0.3, 0.4) is 0 Å². The van der Waals surface area contributed by atoms with E-state index in [2.05, 4.69) is 22.6 Å². The van der Waals surface area contributed by atoms with E-state index in [9.17, 15) is 14.7 Å². The summed E-state index contributed by atoms with van der Waals surface area (Å²) in [5, 5.41) is 12.4.